The van der Waals surface area contributed by atoms with Crippen molar-refractivity contribution in [3.8, 4) is 0 Å². The third kappa shape index (κ3) is 4.05. The lowest BCUT2D eigenvalue weighted by atomic mass is 9.96. The number of hydrogen-bond donors (Lipinski definition) is 2. The number of anilines is 1. The van der Waals surface area contributed by atoms with Gasteiger partial charge in [-0.15, -0.1) is 0 Å². The van der Waals surface area contributed by atoms with E-state index in [0.717, 1.165) is 37.3 Å². The summed E-state index contributed by atoms with van der Waals surface area (Å²) >= 11 is 1.54. The lowest BCUT2D eigenvalue weighted by Gasteiger charge is -2.32. The molecule has 1 aliphatic heterocycles. The minimum absolute atomic E-state index is 0.00223. The van der Waals surface area contributed by atoms with Gasteiger partial charge in [0.05, 0.1) is 12.3 Å². The second kappa shape index (κ2) is 7.52. The van der Waals surface area contributed by atoms with Crippen LogP contribution >= 0.6 is 11.3 Å². The highest BCUT2D eigenvalue weighted by atomic mass is 32.1. The number of piperidine rings is 1. The summed E-state index contributed by atoms with van der Waals surface area (Å²) in [6.45, 7) is 1.85. The summed E-state index contributed by atoms with van der Waals surface area (Å²) in [7, 11) is 0. The van der Waals surface area contributed by atoms with Crippen LogP contribution in [0.15, 0.2) is 35.4 Å². The van der Waals surface area contributed by atoms with E-state index in [9.17, 15) is 9.90 Å². The molecule has 1 atom stereocenters. The smallest absolute Gasteiger partial charge is 0.223 e. The van der Waals surface area contributed by atoms with Gasteiger partial charge in [-0.3, -0.25) is 9.78 Å². The van der Waals surface area contributed by atoms with E-state index in [4.69, 9.17) is 0 Å². The second-order valence-electron chi connectivity index (χ2n) is 5.64. The maximum Gasteiger partial charge on any atom is 0.223 e. The largest absolute Gasteiger partial charge is 0.387 e. The molecule has 1 fully saturated rings. The van der Waals surface area contributed by atoms with Gasteiger partial charge in [0.1, 0.15) is 5.82 Å². The molecular weight excluding hydrogens is 312 g/mol. The molecule has 0 bridgehead atoms. The van der Waals surface area contributed by atoms with Gasteiger partial charge in [-0.1, -0.05) is 0 Å². The highest BCUT2D eigenvalue weighted by Crippen LogP contribution is 2.21. The van der Waals surface area contributed by atoms with Crippen molar-refractivity contribution in [2.24, 2.45) is 5.92 Å². The van der Waals surface area contributed by atoms with Crippen LogP contribution in [0.1, 0.15) is 24.5 Å². The number of hydrogen-bond acceptors (Lipinski definition) is 6. The summed E-state index contributed by atoms with van der Waals surface area (Å²) in [6, 6.07) is 1.88. The van der Waals surface area contributed by atoms with E-state index in [1.807, 2.05) is 16.8 Å². The third-order valence-corrected chi connectivity index (χ3v) is 4.84. The zero-order chi connectivity index (χ0) is 16.1. The quantitative estimate of drug-likeness (QED) is 0.870. The number of aromatic nitrogens is 2. The number of nitrogens with one attached hydrogen (secondary N) is 1. The first-order valence-corrected chi connectivity index (χ1v) is 8.67. The highest BCUT2D eigenvalue weighted by Gasteiger charge is 2.26. The fourth-order valence-corrected chi connectivity index (χ4v) is 3.46. The minimum atomic E-state index is -0.634. The Bertz CT molecular complexity index is 612. The van der Waals surface area contributed by atoms with Crippen LogP contribution in [0.5, 0.6) is 0 Å². The Morgan fingerprint density at radius 1 is 1.43 bits per heavy atom. The summed E-state index contributed by atoms with van der Waals surface area (Å²) in [5, 5.41) is 16.7. The molecule has 0 spiro atoms. The molecule has 7 heteroatoms. The predicted molar refractivity (Wildman–Crippen MR) is 89.3 cm³/mol. The van der Waals surface area contributed by atoms with Gasteiger partial charge in [-0.25, -0.2) is 4.98 Å². The van der Waals surface area contributed by atoms with Crippen LogP contribution in [0, 0.1) is 5.92 Å². The average molecular weight is 332 g/mol. The Labute approximate surface area is 139 Å². The number of carbonyl (C=O) groups excluding carboxylic acids is 1. The lowest BCUT2D eigenvalue weighted by Crippen LogP contribution is -2.41. The predicted octanol–water partition coefficient (Wildman–Crippen LogP) is 1.60. The number of aliphatic hydroxyl groups excluding tert-OH is 1. The van der Waals surface area contributed by atoms with Crippen LogP contribution in [0.4, 0.5) is 5.82 Å². The van der Waals surface area contributed by atoms with Crippen molar-refractivity contribution in [3.63, 3.8) is 0 Å². The molecule has 1 aliphatic rings. The molecule has 0 aromatic carbocycles. The molecule has 6 nitrogen and oxygen atoms in total. The first-order chi connectivity index (χ1) is 11.2. The van der Waals surface area contributed by atoms with Gasteiger partial charge in [0.15, 0.2) is 0 Å². The van der Waals surface area contributed by atoms with Crippen LogP contribution in [-0.4, -0.2) is 40.6 Å². The van der Waals surface area contributed by atoms with Crippen LogP contribution in [0.2, 0.25) is 0 Å². The van der Waals surface area contributed by atoms with E-state index in [0.29, 0.717) is 0 Å². The molecule has 23 heavy (non-hydrogen) atoms. The van der Waals surface area contributed by atoms with E-state index in [1.54, 1.807) is 18.6 Å². The zero-order valence-corrected chi connectivity index (χ0v) is 13.6. The molecule has 2 N–H and O–H groups in total. The van der Waals surface area contributed by atoms with Gasteiger partial charge in [0, 0.05) is 37.9 Å². The monoisotopic (exact) mass is 332 g/mol. The number of aliphatic hydroxyl groups is 1. The van der Waals surface area contributed by atoms with Gasteiger partial charge in [0.2, 0.25) is 5.91 Å². The molecular formula is C16H20N4O2S. The van der Waals surface area contributed by atoms with Crippen LogP contribution < -0.4 is 10.2 Å². The summed E-state index contributed by atoms with van der Waals surface area (Å²) in [4.78, 5) is 22.8. The minimum Gasteiger partial charge on any atom is -0.387 e. The van der Waals surface area contributed by atoms with Crippen molar-refractivity contribution >= 4 is 23.1 Å². The summed E-state index contributed by atoms with van der Waals surface area (Å²) in [5.74, 6) is 0.884. The van der Waals surface area contributed by atoms with Crippen molar-refractivity contribution < 1.29 is 9.90 Å². The molecule has 0 aliphatic carbocycles. The average Bonchev–Trinajstić information content (AvgIpc) is 3.15. The van der Waals surface area contributed by atoms with Crippen molar-refractivity contribution in [2.75, 3.05) is 24.5 Å². The normalized spacial score (nSPS) is 17.0. The highest BCUT2D eigenvalue weighted by molar-refractivity contribution is 7.07. The third-order valence-electron chi connectivity index (χ3n) is 4.14. The van der Waals surface area contributed by atoms with Gasteiger partial charge < -0.3 is 15.3 Å². The fourth-order valence-electron chi connectivity index (χ4n) is 2.75. The van der Waals surface area contributed by atoms with Crippen molar-refractivity contribution in [1.29, 1.82) is 0 Å². The molecule has 3 heterocycles. The molecule has 2 aromatic rings. The van der Waals surface area contributed by atoms with Gasteiger partial charge in [0.25, 0.3) is 0 Å². The molecule has 1 unspecified atom stereocenters. The molecule has 1 saturated heterocycles. The van der Waals surface area contributed by atoms with Crippen molar-refractivity contribution in [3.05, 3.63) is 41.0 Å². The molecule has 1 amide bonds. The van der Waals surface area contributed by atoms with E-state index in [1.165, 1.54) is 11.3 Å². The first-order valence-electron chi connectivity index (χ1n) is 7.73. The number of carbonyl (C=O) groups is 1. The number of thiophene rings is 1. The number of rotatable bonds is 5. The van der Waals surface area contributed by atoms with Crippen molar-refractivity contribution in [1.82, 2.24) is 15.3 Å². The van der Waals surface area contributed by atoms with E-state index >= 15 is 0 Å². The Morgan fingerprint density at radius 3 is 2.91 bits per heavy atom. The Kier molecular flexibility index (Phi) is 5.19. The van der Waals surface area contributed by atoms with Gasteiger partial charge in [-0.2, -0.15) is 11.3 Å². The molecule has 3 rings (SSSR count). The van der Waals surface area contributed by atoms with Gasteiger partial charge >= 0.3 is 0 Å². The van der Waals surface area contributed by atoms with Gasteiger partial charge in [-0.05, 0) is 35.2 Å². The standard InChI is InChI=1S/C16H20N4O2S/c21-14(13-3-8-23-11-13)9-19-16(22)12-1-6-20(7-2-12)15-10-17-4-5-18-15/h3-5,8,10-12,14,21H,1-2,6-7,9H2,(H,19,22). The lowest BCUT2D eigenvalue weighted by molar-refractivity contribution is -0.126. The summed E-state index contributed by atoms with van der Waals surface area (Å²) in [5.41, 5.74) is 0.854. The fraction of sp³-hybridized carbons (Fsp3) is 0.438. The van der Waals surface area contributed by atoms with E-state index in [2.05, 4.69) is 20.2 Å². The second-order valence-corrected chi connectivity index (χ2v) is 6.42. The number of amides is 1. The SMILES string of the molecule is O=C(NCC(O)c1ccsc1)C1CCN(c2cnccn2)CC1. The van der Waals surface area contributed by atoms with E-state index < -0.39 is 6.10 Å². The van der Waals surface area contributed by atoms with E-state index in [-0.39, 0.29) is 18.4 Å². The van der Waals surface area contributed by atoms with Crippen molar-refractivity contribution in [2.45, 2.75) is 18.9 Å². The Hall–Kier alpha value is -1.99. The number of nitrogens with zero attached hydrogens (tertiary/aromatic N) is 3. The zero-order valence-electron chi connectivity index (χ0n) is 12.8. The van der Waals surface area contributed by atoms with Crippen LogP contribution in [0.25, 0.3) is 0 Å². The van der Waals surface area contributed by atoms with Crippen LogP contribution in [0.3, 0.4) is 0 Å². The maximum atomic E-state index is 12.2. The summed E-state index contributed by atoms with van der Waals surface area (Å²) in [6.07, 6.45) is 6.03. The Balaban J connectivity index is 1.45. The first kappa shape index (κ1) is 15.9. The Morgan fingerprint density at radius 2 is 2.26 bits per heavy atom. The molecule has 0 saturated carbocycles. The molecule has 122 valence electrons. The van der Waals surface area contributed by atoms with Crippen LogP contribution in [-0.2, 0) is 4.79 Å². The molecule has 2 aromatic heterocycles. The maximum absolute atomic E-state index is 12.2. The topological polar surface area (TPSA) is 78.4 Å². The molecule has 0 radical (unpaired) electrons. The summed E-state index contributed by atoms with van der Waals surface area (Å²) < 4.78 is 0.